The summed E-state index contributed by atoms with van der Waals surface area (Å²) in [6, 6.07) is 10.6. The molecule has 10 heteroatoms. The molecule has 2 aliphatic heterocycles. The fraction of sp³-hybridized carbons (Fsp3) is 0.261. The number of pyridine rings is 1. The average molecular weight is 442 g/mol. The fourth-order valence-electron chi connectivity index (χ4n) is 4.41. The number of aromatic nitrogens is 5. The van der Waals surface area contributed by atoms with Crippen LogP contribution in [-0.4, -0.2) is 56.5 Å². The van der Waals surface area contributed by atoms with E-state index in [-0.39, 0.29) is 18.2 Å². The number of nitrogens with zero attached hydrogens (tertiary/aromatic N) is 5. The van der Waals surface area contributed by atoms with Gasteiger partial charge in [-0.25, -0.2) is 14.8 Å². The number of fused-ring (bicyclic) bond motifs is 3. The van der Waals surface area contributed by atoms with Gasteiger partial charge >= 0.3 is 6.03 Å². The van der Waals surface area contributed by atoms with Crippen LogP contribution in [0.15, 0.2) is 55.0 Å². The van der Waals surface area contributed by atoms with Gasteiger partial charge in [0.2, 0.25) is 0 Å². The van der Waals surface area contributed by atoms with Gasteiger partial charge in [-0.05, 0) is 49.2 Å². The molecule has 33 heavy (non-hydrogen) atoms. The Morgan fingerprint density at radius 2 is 1.79 bits per heavy atom. The normalized spacial score (nSPS) is 19.6. The zero-order valence-corrected chi connectivity index (χ0v) is 17.7. The van der Waals surface area contributed by atoms with Crippen molar-refractivity contribution in [3.05, 3.63) is 55.0 Å². The molecule has 2 atom stereocenters. The van der Waals surface area contributed by atoms with Gasteiger partial charge in [0.25, 0.3) is 0 Å². The fourth-order valence-corrected chi connectivity index (χ4v) is 4.41. The van der Waals surface area contributed by atoms with Gasteiger partial charge in [-0.3, -0.25) is 10.1 Å². The van der Waals surface area contributed by atoms with Gasteiger partial charge < -0.3 is 20.3 Å². The molecule has 0 saturated carbocycles. The highest BCUT2D eigenvalue weighted by atomic mass is 16.5. The Hall–Kier alpha value is -4.05. The van der Waals surface area contributed by atoms with Crippen molar-refractivity contribution in [2.24, 2.45) is 0 Å². The van der Waals surface area contributed by atoms with Crippen molar-refractivity contribution >= 4 is 34.3 Å². The van der Waals surface area contributed by atoms with Crippen molar-refractivity contribution in [2.45, 2.75) is 25.0 Å². The minimum atomic E-state index is -0.338. The molecule has 4 aromatic rings. The summed E-state index contributed by atoms with van der Waals surface area (Å²) in [7, 11) is 0. The Morgan fingerprint density at radius 3 is 2.55 bits per heavy atom. The Morgan fingerprint density at radius 1 is 1.00 bits per heavy atom. The predicted octanol–water partition coefficient (Wildman–Crippen LogP) is 3.43. The molecule has 10 nitrogen and oxygen atoms in total. The highest BCUT2D eigenvalue weighted by Crippen LogP contribution is 2.33. The molecule has 2 bridgehead atoms. The number of carbonyl (C=O) groups is 1. The van der Waals surface area contributed by atoms with E-state index in [1.807, 2.05) is 24.3 Å². The van der Waals surface area contributed by atoms with Crippen LogP contribution in [0.4, 0.5) is 22.0 Å². The third-order valence-corrected chi connectivity index (χ3v) is 5.95. The van der Waals surface area contributed by atoms with Crippen molar-refractivity contribution in [1.82, 2.24) is 25.1 Å². The highest BCUT2D eigenvalue weighted by molar-refractivity contribution is 5.99. The number of hydrogen-bond acceptors (Lipinski definition) is 7. The van der Waals surface area contributed by atoms with Crippen LogP contribution in [-0.2, 0) is 4.74 Å². The summed E-state index contributed by atoms with van der Waals surface area (Å²) in [5.74, 6) is 1.48. The number of anilines is 3. The first-order valence-corrected chi connectivity index (χ1v) is 10.9. The second-order valence-corrected chi connectivity index (χ2v) is 8.26. The van der Waals surface area contributed by atoms with Gasteiger partial charge in [-0.1, -0.05) is 0 Å². The van der Waals surface area contributed by atoms with Crippen LogP contribution in [0.3, 0.4) is 0 Å². The zero-order chi connectivity index (χ0) is 22.2. The van der Waals surface area contributed by atoms with E-state index in [4.69, 9.17) is 9.72 Å². The highest BCUT2D eigenvalue weighted by Gasteiger charge is 2.35. The van der Waals surface area contributed by atoms with Gasteiger partial charge in [0.1, 0.15) is 5.82 Å². The van der Waals surface area contributed by atoms with Crippen LogP contribution in [0.2, 0.25) is 0 Å². The van der Waals surface area contributed by atoms with Crippen LogP contribution in [0, 0.1) is 0 Å². The van der Waals surface area contributed by atoms with Gasteiger partial charge in [-0.2, -0.15) is 5.10 Å². The number of carbonyl (C=O) groups excluding carboxylic acids is 1. The minimum Gasteiger partial charge on any atom is -0.371 e. The number of nitrogens with one attached hydrogen (secondary N) is 3. The molecule has 3 N–H and O–H groups in total. The van der Waals surface area contributed by atoms with Gasteiger partial charge in [0, 0.05) is 30.5 Å². The van der Waals surface area contributed by atoms with Crippen molar-refractivity contribution in [1.29, 1.82) is 0 Å². The van der Waals surface area contributed by atoms with E-state index in [0.717, 1.165) is 42.7 Å². The largest absolute Gasteiger partial charge is 0.371 e. The van der Waals surface area contributed by atoms with E-state index >= 15 is 0 Å². The number of aromatic amines is 1. The predicted molar refractivity (Wildman–Crippen MR) is 124 cm³/mol. The summed E-state index contributed by atoms with van der Waals surface area (Å²) in [6.07, 6.45) is 7.72. The lowest BCUT2D eigenvalue weighted by Crippen LogP contribution is -2.43. The molecular weight excluding hydrogens is 420 g/mol. The second kappa shape index (κ2) is 8.14. The van der Waals surface area contributed by atoms with Crippen molar-refractivity contribution in [3.63, 3.8) is 0 Å². The first kappa shape index (κ1) is 19.6. The molecule has 2 amide bonds. The first-order chi connectivity index (χ1) is 16.2. The molecule has 3 aromatic heterocycles. The van der Waals surface area contributed by atoms with Crippen LogP contribution >= 0.6 is 0 Å². The summed E-state index contributed by atoms with van der Waals surface area (Å²) < 4.78 is 5.99. The smallest absolute Gasteiger partial charge is 0.323 e. The van der Waals surface area contributed by atoms with Gasteiger partial charge in [0.15, 0.2) is 11.5 Å². The molecular formula is C23H22N8O2. The third-order valence-electron chi connectivity index (χ3n) is 5.95. The molecule has 5 heterocycles. The number of amides is 2. The molecule has 0 aliphatic carbocycles. The summed E-state index contributed by atoms with van der Waals surface area (Å²) in [4.78, 5) is 28.1. The van der Waals surface area contributed by atoms with Crippen LogP contribution in [0.5, 0.6) is 0 Å². The molecule has 166 valence electrons. The van der Waals surface area contributed by atoms with Gasteiger partial charge in [0.05, 0.1) is 35.7 Å². The molecule has 1 aromatic carbocycles. The maximum absolute atomic E-state index is 12.2. The van der Waals surface area contributed by atoms with Gasteiger partial charge in [-0.15, -0.1) is 0 Å². The lowest BCUT2D eigenvalue weighted by atomic mass is 10.2. The third kappa shape index (κ3) is 3.96. The summed E-state index contributed by atoms with van der Waals surface area (Å²) in [5.41, 5.74) is 2.83. The Kier molecular flexibility index (Phi) is 4.84. The lowest BCUT2D eigenvalue weighted by molar-refractivity contribution is 0.0303. The molecule has 6 rings (SSSR count). The number of ether oxygens (including phenoxy) is 1. The van der Waals surface area contributed by atoms with Crippen LogP contribution in [0.1, 0.15) is 12.8 Å². The number of H-pyrrole nitrogens is 1. The SMILES string of the molecule is O=C(Nc1ccc(-c2nc(N3CC4CCC(C3)O4)c3cn[nH]c3n2)cc1)Nc1cccnc1. The maximum atomic E-state index is 12.2. The Bertz CT molecular complexity index is 1280. The van der Waals surface area contributed by atoms with Crippen LogP contribution < -0.4 is 15.5 Å². The molecule has 0 radical (unpaired) electrons. The first-order valence-electron chi connectivity index (χ1n) is 10.9. The monoisotopic (exact) mass is 442 g/mol. The number of urea groups is 1. The number of rotatable bonds is 4. The van der Waals surface area contributed by atoms with Crippen molar-refractivity contribution < 1.29 is 9.53 Å². The number of hydrogen-bond donors (Lipinski definition) is 3. The molecule has 0 spiro atoms. The number of morpholine rings is 1. The van der Waals surface area contributed by atoms with E-state index in [1.165, 1.54) is 0 Å². The van der Waals surface area contributed by atoms with E-state index < -0.39 is 0 Å². The van der Waals surface area contributed by atoms with E-state index in [0.29, 0.717) is 22.8 Å². The van der Waals surface area contributed by atoms with E-state index in [9.17, 15) is 4.79 Å². The molecule has 2 fully saturated rings. The zero-order valence-electron chi connectivity index (χ0n) is 17.7. The van der Waals surface area contributed by atoms with Crippen LogP contribution in [0.25, 0.3) is 22.4 Å². The molecule has 2 saturated heterocycles. The van der Waals surface area contributed by atoms with Crippen molar-refractivity contribution in [3.8, 4) is 11.4 Å². The Balaban J connectivity index is 1.23. The van der Waals surface area contributed by atoms with E-state index in [1.54, 1.807) is 30.7 Å². The van der Waals surface area contributed by atoms with E-state index in [2.05, 4.69) is 35.7 Å². The maximum Gasteiger partial charge on any atom is 0.323 e. The summed E-state index contributed by atoms with van der Waals surface area (Å²) >= 11 is 0. The van der Waals surface area contributed by atoms with Crippen molar-refractivity contribution in [2.75, 3.05) is 28.6 Å². The summed E-state index contributed by atoms with van der Waals surface area (Å²) in [5, 5.41) is 13.6. The minimum absolute atomic E-state index is 0.257. The molecule has 2 aliphatic rings. The molecule has 2 unspecified atom stereocenters. The quantitative estimate of drug-likeness (QED) is 0.443. The lowest BCUT2D eigenvalue weighted by Gasteiger charge is -2.33. The standard InChI is InChI=1S/C23H22N8O2/c32-23(27-16-2-1-9-24-10-16)26-15-5-3-14(4-6-15)20-28-21-19(11-25-30-21)22(29-20)31-12-17-7-8-18(13-31)33-17/h1-6,9-11,17-18H,7-8,12-13H2,(H2,26,27,32)(H,25,28,29,30). The average Bonchev–Trinajstić information content (AvgIpc) is 3.45. The topological polar surface area (TPSA) is 121 Å². The summed E-state index contributed by atoms with van der Waals surface area (Å²) in [6.45, 7) is 1.64. The number of benzene rings is 1. The Labute approximate surface area is 189 Å². The second-order valence-electron chi connectivity index (χ2n) is 8.26.